The predicted molar refractivity (Wildman–Crippen MR) is 75.0 cm³/mol. The summed E-state index contributed by atoms with van der Waals surface area (Å²) in [6.07, 6.45) is 1.00. The minimum Gasteiger partial charge on any atom is -0.462 e. The normalized spacial score (nSPS) is 12.0. The second-order valence-corrected chi connectivity index (χ2v) is 4.37. The molecule has 4 nitrogen and oxygen atoms in total. The van der Waals surface area contributed by atoms with Crippen molar-refractivity contribution in [3.63, 3.8) is 0 Å². The average molecular weight is 250 g/mol. The van der Waals surface area contributed by atoms with Crippen LogP contribution in [0.3, 0.4) is 0 Å². The first-order valence-electron chi connectivity index (χ1n) is 6.30. The summed E-state index contributed by atoms with van der Waals surface area (Å²) in [5, 5.41) is 0. The van der Waals surface area contributed by atoms with Gasteiger partial charge in [0.15, 0.2) is 0 Å². The molecule has 0 aromatic heterocycles. The van der Waals surface area contributed by atoms with Crippen LogP contribution in [-0.4, -0.2) is 25.7 Å². The minimum absolute atomic E-state index is 0.324. The van der Waals surface area contributed by atoms with Crippen LogP contribution in [0.25, 0.3) is 0 Å². The molecule has 0 saturated heterocycles. The van der Waals surface area contributed by atoms with Crippen LogP contribution in [0.15, 0.2) is 18.2 Å². The Labute approximate surface area is 109 Å². The maximum absolute atomic E-state index is 11.9. The smallest absolute Gasteiger partial charge is 0.340 e. The lowest BCUT2D eigenvalue weighted by atomic mass is 10.1. The number of benzene rings is 1. The highest BCUT2D eigenvalue weighted by atomic mass is 16.5. The molecule has 0 amide bonds. The Balaban J connectivity index is 3.14. The number of nitrogens with zero attached hydrogens (tertiary/aromatic N) is 1. The lowest BCUT2D eigenvalue weighted by molar-refractivity contribution is 0.0527. The monoisotopic (exact) mass is 250 g/mol. The van der Waals surface area contributed by atoms with Gasteiger partial charge in [0.1, 0.15) is 0 Å². The zero-order valence-corrected chi connectivity index (χ0v) is 11.6. The van der Waals surface area contributed by atoms with Crippen molar-refractivity contribution in [2.24, 2.45) is 0 Å². The van der Waals surface area contributed by atoms with Gasteiger partial charge in [-0.2, -0.15) is 0 Å². The van der Waals surface area contributed by atoms with Crippen molar-refractivity contribution in [1.29, 1.82) is 0 Å². The average Bonchev–Trinajstić information content (AvgIpc) is 2.37. The third-order valence-electron chi connectivity index (χ3n) is 3.15. The van der Waals surface area contributed by atoms with E-state index in [0.29, 0.717) is 23.9 Å². The number of ether oxygens (including phenoxy) is 1. The molecule has 18 heavy (non-hydrogen) atoms. The summed E-state index contributed by atoms with van der Waals surface area (Å²) in [5.74, 6) is -0.324. The number of rotatable bonds is 5. The van der Waals surface area contributed by atoms with Crippen LogP contribution < -0.4 is 10.6 Å². The third kappa shape index (κ3) is 3.15. The van der Waals surface area contributed by atoms with E-state index in [-0.39, 0.29) is 5.97 Å². The Hall–Kier alpha value is -1.71. The van der Waals surface area contributed by atoms with Crippen LogP contribution in [0, 0.1) is 0 Å². The molecular formula is C14H22N2O2. The lowest BCUT2D eigenvalue weighted by Crippen LogP contribution is -2.29. The second kappa shape index (κ2) is 6.28. The van der Waals surface area contributed by atoms with Gasteiger partial charge in [-0.25, -0.2) is 4.79 Å². The van der Waals surface area contributed by atoms with E-state index >= 15 is 0 Å². The van der Waals surface area contributed by atoms with Crippen molar-refractivity contribution in [3.8, 4) is 0 Å². The number of carbonyl (C=O) groups is 1. The molecule has 0 aliphatic carbocycles. The summed E-state index contributed by atoms with van der Waals surface area (Å²) in [6, 6.07) is 5.69. The summed E-state index contributed by atoms with van der Waals surface area (Å²) < 4.78 is 5.07. The van der Waals surface area contributed by atoms with E-state index < -0.39 is 0 Å². The van der Waals surface area contributed by atoms with Gasteiger partial charge in [-0.15, -0.1) is 0 Å². The first-order chi connectivity index (χ1) is 8.51. The van der Waals surface area contributed by atoms with Gasteiger partial charge in [0.25, 0.3) is 0 Å². The van der Waals surface area contributed by atoms with Crippen molar-refractivity contribution in [2.45, 2.75) is 33.2 Å². The van der Waals surface area contributed by atoms with Crippen molar-refractivity contribution in [3.05, 3.63) is 23.8 Å². The Morgan fingerprint density at radius 2 is 2.11 bits per heavy atom. The summed E-state index contributed by atoms with van der Waals surface area (Å²) in [7, 11) is 1.97. The minimum atomic E-state index is -0.324. The molecule has 0 aliphatic rings. The molecule has 100 valence electrons. The highest BCUT2D eigenvalue weighted by Crippen LogP contribution is 2.25. The number of carbonyl (C=O) groups excluding carboxylic acids is 1. The molecule has 0 spiro atoms. The van der Waals surface area contributed by atoms with Crippen LogP contribution >= 0.6 is 0 Å². The molecule has 1 aromatic carbocycles. The molecule has 0 heterocycles. The van der Waals surface area contributed by atoms with Gasteiger partial charge in [-0.3, -0.25) is 0 Å². The Bertz CT molecular complexity index is 418. The lowest BCUT2D eigenvalue weighted by Gasteiger charge is -2.27. The number of nitrogens with two attached hydrogens (primary N) is 1. The topological polar surface area (TPSA) is 55.6 Å². The maximum Gasteiger partial charge on any atom is 0.340 e. The zero-order valence-electron chi connectivity index (χ0n) is 11.6. The van der Waals surface area contributed by atoms with Gasteiger partial charge in [0.05, 0.1) is 17.9 Å². The standard InChI is InChI=1S/C14H22N2O2/c1-5-10(3)16(4)13-8-7-11(15)9-12(13)14(17)18-6-2/h7-10H,5-6,15H2,1-4H3. The molecule has 4 heteroatoms. The van der Waals surface area contributed by atoms with Gasteiger partial charge in [0, 0.05) is 18.8 Å². The van der Waals surface area contributed by atoms with Crippen LogP contribution in [0.5, 0.6) is 0 Å². The Morgan fingerprint density at radius 3 is 2.67 bits per heavy atom. The van der Waals surface area contributed by atoms with E-state index in [0.717, 1.165) is 12.1 Å². The molecule has 1 rings (SSSR count). The molecule has 0 saturated carbocycles. The van der Waals surface area contributed by atoms with Crippen molar-refractivity contribution in [2.75, 3.05) is 24.3 Å². The fourth-order valence-corrected chi connectivity index (χ4v) is 1.74. The number of hydrogen-bond donors (Lipinski definition) is 1. The fraction of sp³-hybridized carbons (Fsp3) is 0.500. The summed E-state index contributed by atoms with van der Waals surface area (Å²) in [6.45, 7) is 6.39. The zero-order chi connectivity index (χ0) is 13.7. The highest BCUT2D eigenvalue weighted by molar-refractivity contribution is 5.97. The predicted octanol–water partition coefficient (Wildman–Crippen LogP) is 2.68. The van der Waals surface area contributed by atoms with Crippen LogP contribution in [0.1, 0.15) is 37.6 Å². The van der Waals surface area contributed by atoms with Crippen LogP contribution in [0.2, 0.25) is 0 Å². The van der Waals surface area contributed by atoms with E-state index in [1.807, 2.05) is 13.1 Å². The molecule has 0 radical (unpaired) electrons. The van der Waals surface area contributed by atoms with Crippen molar-refractivity contribution < 1.29 is 9.53 Å². The van der Waals surface area contributed by atoms with Crippen molar-refractivity contribution >= 4 is 17.3 Å². The summed E-state index contributed by atoms with van der Waals surface area (Å²) in [5.41, 5.74) is 7.70. The van der Waals surface area contributed by atoms with E-state index in [1.54, 1.807) is 19.1 Å². The van der Waals surface area contributed by atoms with E-state index in [4.69, 9.17) is 10.5 Å². The summed E-state index contributed by atoms with van der Waals surface area (Å²) in [4.78, 5) is 14.0. The molecule has 0 aliphatic heterocycles. The molecule has 1 unspecified atom stereocenters. The number of hydrogen-bond acceptors (Lipinski definition) is 4. The number of anilines is 2. The second-order valence-electron chi connectivity index (χ2n) is 4.37. The maximum atomic E-state index is 11.9. The summed E-state index contributed by atoms with van der Waals surface area (Å²) >= 11 is 0. The first-order valence-corrected chi connectivity index (χ1v) is 6.30. The van der Waals surface area contributed by atoms with Crippen LogP contribution in [-0.2, 0) is 4.74 Å². The first kappa shape index (κ1) is 14.4. The van der Waals surface area contributed by atoms with Gasteiger partial charge in [-0.1, -0.05) is 6.92 Å². The van der Waals surface area contributed by atoms with E-state index in [2.05, 4.69) is 18.7 Å². The van der Waals surface area contributed by atoms with E-state index in [1.165, 1.54) is 0 Å². The molecule has 1 aromatic rings. The molecule has 2 N–H and O–H groups in total. The molecule has 0 fully saturated rings. The Morgan fingerprint density at radius 1 is 1.44 bits per heavy atom. The van der Waals surface area contributed by atoms with Crippen molar-refractivity contribution in [1.82, 2.24) is 0 Å². The van der Waals surface area contributed by atoms with Gasteiger partial charge >= 0.3 is 5.97 Å². The highest BCUT2D eigenvalue weighted by Gasteiger charge is 2.18. The SMILES string of the molecule is CCOC(=O)c1cc(N)ccc1N(C)C(C)CC. The quantitative estimate of drug-likeness (QED) is 0.645. The van der Waals surface area contributed by atoms with Gasteiger partial charge in [-0.05, 0) is 38.5 Å². The van der Waals surface area contributed by atoms with Gasteiger partial charge in [0.2, 0.25) is 0 Å². The third-order valence-corrected chi connectivity index (χ3v) is 3.15. The largest absolute Gasteiger partial charge is 0.462 e. The molecule has 0 bridgehead atoms. The van der Waals surface area contributed by atoms with Gasteiger partial charge < -0.3 is 15.4 Å². The van der Waals surface area contributed by atoms with E-state index in [9.17, 15) is 4.79 Å². The fourth-order valence-electron chi connectivity index (χ4n) is 1.74. The number of nitrogen functional groups attached to an aromatic ring is 1. The Kier molecular flexibility index (Phi) is 5.01. The van der Waals surface area contributed by atoms with Crippen LogP contribution in [0.4, 0.5) is 11.4 Å². The number of esters is 1. The molecular weight excluding hydrogens is 228 g/mol. The molecule has 1 atom stereocenters.